The summed E-state index contributed by atoms with van der Waals surface area (Å²) in [6.45, 7) is 15.1. The molecule has 0 spiro atoms. The summed E-state index contributed by atoms with van der Waals surface area (Å²) >= 11 is 0. The summed E-state index contributed by atoms with van der Waals surface area (Å²) in [5.41, 5.74) is 3.73. The highest BCUT2D eigenvalue weighted by Gasteiger charge is 2.15. The summed E-state index contributed by atoms with van der Waals surface area (Å²) in [5.74, 6) is 1.03. The standard InChI is InChI=1S/C15H26N6/c1-6-19(10-15-16-11-17-21(15)8-3)9-14-12(4)18-20(7-2)13(14)5/h11H,6-10H2,1-5H3. The van der Waals surface area contributed by atoms with Gasteiger partial charge < -0.3 is 0 Å². The van der Waals surface area contributed by atoms with E-state index in [1.807, 2.05) is 4.68 Å². The maximum absolute atomic E-state index is 4.60. The molecule has 2 heterocycles. The first-order valence-electron chi connectivity index (χ1n) is 7.72. The average Bonchev–Trinajstić information content (AvgIpc) is 3.04. The molecule has 0 aliphatic rings. The van der Waals surface area contributed by atoms with Crippen LogP contribution in [-0.2, 0) is 26.2 Å². The molecule has 0 aliphatic carbocycles. The van der Waals surface area contributed by atoms with Crippen LogP contribution in [0.2, 0.25) is 0 Å². The van der Waals surface area contributed by atoms with Gasteiger partial charge in [0.05, 0.1) is 12.2 Å². The first-order chi connectivity index (χ1) is 10.1. The molecule has 0 unspecified atom stereocenters. The van der Waals surface area contributed by atoms with Crippen LogP contribution in [0, 0.1) is 13.8 Å². The molecule has 6 heteroatoms. The van der Waals surface area contributed by atoms with Gasteiger partial charge in [0.2, 0.25) is 0 Å². The fourth-order valence-corrected chi connectivity index (χ4v) is 2.65. The van der Waals surface area contributed by atoms with Gasteiger partial charge in [-0.3, -0.25) is 9.58 Å². The summed E-state index contributed by atoms with van der Waals surface area (Å²) < 4.78 is 4.03. The normalized spacial score (nSPS) is 11.5. The molecule has 0 saturated carbocycles. The molecule has 0 amide bonds. The third-order valence-electron chi connectivity index (χ3n) is 4.02. The lowest BCUT2D eigenvalue weighted by Gasteiger charge is -2.20. The number of hydrogen-bond acceptors (Lipinski definition) is 4. The topological polar surface area (TPSA) is 51.8 Å². The molecule has 21 heavy (non-hydrogen) atoms. The largest absolute Gasteiger partial charge is 0.292 e. The Morgan fingerprint density at radius 3 is 2.33 bits per heavy atom. The van der Waals surface area contributed by atoms with Crippen molar-refractivity contribution >= 4 is 0 Å². The lowest BCUT2D eigenvalue weighted by atomic mass is 10.2. The van der Waals surface area contributed by atoms with E-state index < -0.39 is 0 Å². The monoisotopic (exact) mass is 290 g/mol. The van der Waals surface area contributed by atoms with Crippen LogP contribution >= 0.6 is 0 Å². The lowest BCUT2D eigenvalue weighted by molar-refractivity contribution is 0.258. The van der Waals surface area contributed by atoms with Gasteiger partial charge >= 0.3 is 0 Å². The van der Waals surface area contributed by atoms with Crippen molar-refractivity contribution in [3.8, 4) is 0 Å². The Hall–Kier alpha value is -1.69. The van der Waals surface area contributed by atoms with Crippen molar-refractivity contribution in [3.63, 3.8) is 0 Å². The highest BCUT2D eigenvalue weighted by Crippen LogP contribution is 2.16. The zero-order valence-electron chi connectivity index (χ0n) is 13.8. The minimum atomic E-state index is 0.820. The third-order valence-corrected chi connectivity index (χ3v) is 4.02. The van der Waals surface area contributed by atoms with Gasteiger partial charge in [-0.1, -0.05) is 6.92 Å². The van der Waals surface area contributed by atoms with Crippen LogP contribution in [0.5, 0.6) is 0 Å². The van der Waals surface area contributed by atoms with Gasteiger partial charge in [0.1, 0.15) is 12.2 Å². The summed E-state index contributed by atoms with van der Waals surface area (Å²) in [4.78, 5) is 6.75. The van der Waals surface area contributed by atoms with Crippen molar-refractivity contribution in [1.82, 2.24) is 29.4 Å². The van der Waals surface area contributed by atoms with Crippen molar-refractivity contribution in [2.75, 3.05) is 6.54 Å². The fourth-order valence-electron chi connectivity index (χ4n) is 2.65. The van der Waals surface area contributed by atoms with Gasteiger partial charge in [-0.15, -0.1) is 0 Å². The summed E-state index contributed by atoms with van der Waals surface area (Å²) in [7, 11) is 0. The number of rotatable bonds is 7. The Kier molecular flexibility index (Phi) is 5.12. The van der Waals surface area contributed by atoms with Crippen LogP contribution in [0.15, 0.2) is 6.33 Å². The predicted octanol–water partition coefficient (Wildman–Crippen LogP) is 2.15. The molecular formula is C15H26N6. The van der Waals surface area contributed by atoms with Gasteiger partial charge in [0.15, 0.2) is 0 Å². The van der Waals surface area contributed by atoms with Crippen molar-refractivity contribution in [2.24, 2.45) is 0 Å². The molecule has 0 saturated heterocycles. The average molecular weight is 290 g/mol. The van der Waals surface area contributed by atoms with E-state index in [2.05, 4.69) is 59.4 Å². The van der Waals surface area contributed by atoms with Gasteiger partial charge in [0, 0.05) is 30.9 Å². The van der Waals surface area contributed by atoms with E-state index in [9.17, 15) is 0 Å². The van der Waals surface area contributed by atoms with Crippen LogP contribution in [0.4, 0.5) is 0 Å². The maximum atomic E-state index is 4.60. The minimum Gasteiger partial charge on any atom is -0.292 e. The second kappa shape index (κ2) is 6.85. The van der Waals surface area contributed by atoms with Gasteiger partial charge in [-0.25, -0.2) is 9.67 Å². The Bertz CT molecular complexity index is 583. The zero-order chi connectivity index (χ0) is 15.4. The number of aromatic nitrogens is 5. The molecule has 6 nitrogen and oxygen atoms in total. The minimum absolute atomic E-state index is 0.820. The van der Waals surface area contributed by atoms with E-state index in [0.29, 0.717) is 0 Å². The second-order valence-corrected chi connectivity index (χ2v) is 5.26. The summed E-state index contributed by atoms with van der Waals surface area (Å²) in [5, 5.41) is 8.85. The molecule has 0 fully saturated rings. The second-order valence-electron chi connectivity index (χ2n) is 5.26. The van der Waals surface area contributed by atoms with E-state index in [-0.39, 0.29) is 0 Å². The lowest BCUT2D eigenvalue weighted by Crippen LogP contribution is -2.25. The smallest absolute Gasteiger partial charge is 0.141 e. The first kappa shape index (κ1) is 15.7. The van der Waals surface area contributed by atoms with E-state index in [4.69, 9.17) is 0 Å². The molecular weight excluding hydrogens is 264 g/mol. The van der Waals surface area contributed by atoms with Crippen LogP contribution < -0.4 is 0 Å². The van der Waals surface area contributed by atoms with Gasteiger partial charge in [-0.2, -0.15) is 10.2 Å². The van der Waals surface area contributed by atoms with Crippen LogP contribution in [0.1, 0.15) is 43.5 Å². The quantitative estimate of drug-likeness (QED) is 0.784. The van der Waals surface area contributed by atoms with Crippen molar-refractivity contribution < 1.29 is 0 Å². The molecule has 0 aliphatic heterocycles. The van der Waals surface area contributed by atoms with Gasteiger partial charge in [-0.05, 0) is 34.2 Å². The molecule has 0 aromatic carbocycles. The Labute approximate surface area is 126 Å². The van der Waals surface area contributed by atoms with Crippen molar-refractivity contribution in [2.45, 2.75) is 60.8 Å². The highest BCUT2D eigenvalue weighted by molar-refractivity contribution is 5.24. The molecule has 2 rings (SSSR count). The maximum Gasteiger partial charge on any atom is 0.141 e. The zero-order valence-corrected chi connectivity index (χ0v) is 13.8. The highest BCUT2D eigenvalue weighted by atomic mass is 15.3. The number of hydrogen-bond donors (Lipinski definition) is 0. The first-order valence-corrected chi connectivity index (χ1v) is 7.72. The fraction of sp³-hybridized carbons (Fsp3) is 0.667. The Balaban J connectivity index is 2.14. The summed E-state index contributed by atoms with van der Waals surface area (Å²) in [6, 6.07) is 0. The molecule has 2 aromatic rings. The van der Waals surface area contributed by atoms with Crippen LogP contribution in [0.25, 0.3) is 0 Å². The number of nitrogens with zero attached hydrogens (tertiary/aromatic N) is 6. The Morgan fingerprint density at radius 1 is 1.05 bits per heavy atom. The molecule has 116 valence electrons. The SMILES string of the molecule is CCN(Cc1c(C)nn(CC)c1C)Cc1ncnn1CC. The molecule has 0 bridgehead atoms. The van der Waals surface area contributed by atoms with E-state index >= 15 is 0 Å². The molecule has 0 radical (unpaired) electrons. The van der Waals surface area contributed by atoms with Crippen molar-refractivity contribution in [3.05, 3.63) is 29.1 Å². The molecule has 0 N–H and O–H groups in total. The summed E-state index contributed by atoms with van der Waals surface area (Å²) in [6.07, 6.45) is 1.64. The predicted molar refractivity (Wildman–Crippen MR) is 82.9 cm³/mol. The third kappa shape index (κ3) is 3.32. The van der Waals surface area contributed by atoms with E-state index in [1.54, 1.807) is 6.33 Å². The Morgan fingerprint density at radius 2 is 1.76 bits per heavy atom. The number of aryl methyl sites for hydroxylation is 3. The van der Waals surface area contributed by atoms with E-state index in [1.165, 1.54) is 11.3 Å². The van der Waals surface area contributed by atoms with E-state index in [0.717, 1.165) is 44.2 Å². The van der Waals surface area contributed by atoms with Crippen LogP contribution in [-0.4, -0.2) is 36.0 Å². The van der Waals surface area contributed by atoms with Gasteiger partial charge in [0.25, 0.3) is 0 Å². The van der Waals surface area contributed by atoms with Crippen LogP contribution in [0.3, 0.4) is 0 Å². The van der Waals surface area contributed by atoms with Crippen molar-refractivity contribution in [1.29, 1.82) is 0 Å². The molecule has 2 aromatic heterocycles. The molecule has 0 atom stereocenters.